The summed E-state index contributed by atoms with van der Waals surface area (Å²) in [5, 5.41) is 18.9. The van der Waals surface area contributed by atoms with Crippen molar-refractivity contribution in [3.05, 3.63) is 12.2 Å². The molecule has 0 aromatic carbocycles. The van der Waals surface area contributed by atoms with Gasteiger partial charge in [-0.3, -0.25) is 4.79 Å². The van der Waals surface area contributed by atoms with E-state index in [0.29, 0.717) is 12.8 Å². The number of aliphatic carboxylic acids is 2. The van der Waals surface area contributed by atoms with E-state index in [0.717, 1.165) is 6.42 Å². The van der Waals surface area contributed by atoms with E-state index in [9.17, 15) is 14.7 Å². The molecule has 0 saturated carbocycles. The van der Waals surface area contributed by atoms with Crippen molar-refractivity contribution in [3.8, 4) is 0 Å². The summed E-state index contributed by atoms with van der Waals surface area (Å²) in [5.74, 6) is -3.18. The van der Waals surface area contributed by atoms with E-state index in [4.69, 9.17) is 5.11 Å². The summed E-state index contributed by atoms with van der Waals surface area (Å²) < 4.78 is 0. The van der Waals surface area contributed by atoms with Crippen LogP contribution in [-0.4, -0.2) is 17.0 Å². The van der Waals surface area contributed by atoms with Crippen molar-refractivity contribution in [1.29, 1.82) is 0 Å². The first-order chi connectivity index (χ1) is 6.57. The second-order valence-electron chi connectivity index (χ2n) is 3.11. The minimum atomic E-state index is -1.30. The molecule has 1 unspecified atom stereocenters. The predicted octanol–water partition coefficient (Wildman–Crippen LogP) is -2.42. The van der Waals surface area contributed by atoms with Gasteiger partial charge in [0.2, 0.25) is 0 Å². The van der Waals surface area contributed by atoms with Gasteiger partial charge in [-0.05, 0) is 26.2 Å². The molecular formula is C10H15KO4. The maximum atomic E-state index is 10.6. The van der Waals surface area contributed by atoms with Gasteiger partial charge in [0.05, 0.1) is 5.92 Å². The third-order valence-corrected chi connectivity index (χ3v) is 1.92. The Hall–Kier alpha value is 0.316. The monoisotopic (exact) mass is 238 g/mol. The van der Waals surface area contributed by atoms with Gasteiger partial charge in [0, 0.05) is 12.4 Å². The first-order valence-corrected chi connectivity index (χ1v) is 4.61. The average Bonchev–Trinajstić information content (AvgIpc) is 2.09. The Kier molecular flexibility index (Phi) is 12.8. The molecule has 0 aliphatic heterocycles. The minimum absolute atomic E-state index is 0. The van der Waals surface area contributed by atoms with E-state index >= 15 is 0 Å². The zero-order chi connectivity index (χ0) is 11.0. The van der Waals surface area contributed by atoms with Gasteiger partial charge in [-0.2, -0.15) is 0 Å². The zero-order valence-corrected chi connectivity index (χ0v) is 12.4. The van der Waals surface area contributed by atoms with Crippen LogP contribution in [0.25, 0.3) is 0 Å². The Morgan fingerprint density at radius 1 is 1.47 bits per heavy atom. The molecule has 0 aliphatic carbocycles. The molecule has 4 nitrogen and oxygen atoms in total. The van der Waals surface area contributed by atoms with Crippen molar-refractivity contribution in [2.75, 3.05) is 0 Å². The maximum Gasteiger partial charge on any atom is 1.00 e. The van der Waals surface area contributed by atoms with Crippen molar-refractivity contribution < 1.29 is 71.2 Å². The summed E-state index contributed by atoms with van der Waals surface area (Å²) in [6.07, 6.45) is 5.27. The Morgan fingerprint density at radius 3 is 2.47 bits per heavy atom. The fourth-order valence-corrected chi connectivity index (χ4v) is 1.16. The van der Waals surface area contributed by atoms with Gasteiger partial charge >= 0.3 is 57.4 Å². The number of carboxylic acid groups (broad SMARTS) is 2. The van der Waals surface area contributed by atoms with Gasteiger partial charge in [-0.1, -0.05) is 12.2 Å². The smallest absolute Gasteiger partial charge is 0.550 e. The first-order valence-electron chi connectivity index (χ1n) is 4.61. The van der Waals surface area contributed by atoms with Gasteiger partial charge in [0.1, 0.15) is 0 Å². The summed E-state index contributed by atoms with van der Waals surface area (Å²) in [6, 6.07) is 0. The Bertz CT molecular complexity index is 225. The average molecular weight is 238 g/mol. The van der Waals surface area contributed by atoms with E-state index in [1.807, 2.05) is 19.1 Å². The van der Waals surface area contributed by atoms with Crippen LogP contribution in [0.3, 0.4) is 0 Å². The molecule has 0 bridgehead atoms. The van der Waals surface area contributed by atoms with Crippen LogP contribution in [0.1, 0.15) is 32.6 Å². The summed E-state index contributed by atoms with van der Waals surface area (Å²) in [5.41, 5.74) is 0. The van der Waals surface area contributed by atoms with Gasteiger partial charge in [0.25, 0.3) is 0 Å². The zero-order valence-electron chi connectivity index (χ0n) is 9.23. The third-order valence-electron chi connectivity index (χ3n) is 1.92. The fraction of sp³-hybridized carbons (Fsp3) is 0.600. The largest absolute Gasteiger partial charge is 1.00 e. The molecule has 80 valence electrons. The quantitative estimate of drug-likeness (QED) is 0.304. The Balaban J connectivity index is 0. The normalized spacial score (nSPS) is 12.1. The van der Waals surface area contributed by atoms with Crippen LogP contribution in [0.2, 0.25) is 0 Å². The molecule has 0 fully saturated rings. The van der Waals surface area contributed by atoms with E-state index in [-0.39, 0.29) is 51.4 Å². The van der Waals surface area contributed by atoms with Crippen LogP contribution >= 0.6 is 0 Å². The van der Waals surface area contributed by atoms with Crippen molar-refractivity contribution in [3.63, 3.8) is 0 Å². The Labute approximate surface area is 132 Å². The van der Waals surface area contributed by atoms with Crippen molar-refractivity contribution in [2.24, 2.45) is 5.92 Å². The van der Waals surface area contributed by atoms with Crippen LogP contribution < -0.4 is 56.5 Å². The molecule has 0 aromatic heterocycles. The topological polar surface area (TPSA) is 77.4 Å². The summed E-state index contributed by atoms with van der Waals surface area (Å²) in [4.78, 5) is 20.8. The Morgan fingerprint density at radius 2 is 2.07 bits per heavy atom. The van der Waals surface area contributed by atoms with E-state index in [2.05, 4.69) is 0 Å². The van der Waals surface area contributed by atoms with E-state index in [1.165, 1.54) is 0 Å². The molecule has 15 heavy (non-hydrogen) atoms. The second-order valence-corrected chi connectivity index (χ2v) is 3.11. The van der Waals surface area contributed by atoms with E-state index in [1.54, 1.807) is 0 Å². The van der Waals surface area contributed by atoms with E-state index < -0.39 is 24.3 Å². The minimum Gasteiger partial charge on any atom is -0.550 e. The summed E-state index contributed by atoms with van der Waals surface area (Å²) >= 11 is 0. The first kappa shape index (κ1) is 17.7. The number of hydrogen-bond acceptors (Lipinski definition) is 3. The van der Waals surface area contributed by atoms with Crippen LogP contribution in [0, 0.1) is 5.92 Å². The molecule has 5 heteroatoms. The number of carbonyl (C=O) groups excluding carboxylic acids is 1. The third kappa shape index (κ3) is 10.6. The van der Waals surface area contributed by atoms with Crippen LogP contribution in [0.15, 0.2) is 12.2 Å². The number of unbranched alkanes of at least 4 members (excludes halogenated alkanes) is 1. The molecule has 0 saturated heterocycles. The molecule has 0 spiro atoms. The number of hydrogen-bond donors (Lipinski definition) is 1. The SMILES string of the molecule is C/C=C/CCCC(CC(=O)[O-])C(=O)O.[K+]. The number of allylic oxidation sites excluding steroid dienone is 2. The van der Waals surface area contributed by atoms with Gasteiger partial charge in [-0.15, -0.1) is 0 Å². The van der Waals surface area contributed by atoms with Crippen molar-refractivity contribution >= 4 is 11.9 Å². The van der Waals surface area contributed by atoms with Crippen LogP contribution in [0.4, 0.5) is 0 Å². The molecule has 0 rings (SSSR count). The standard InChI is InChI=1S/C10H16O4.K/c1-2-3-4-5-6-8(10(13)14)7-9(11)12;/h2-3,8H,4-7H2,1H3,(H,11,12)(H,13,14);/q;+1/p-1/b3-2+;. The molecule has 0 amide bonds. The number of carboxylic acids is 2. The molecule has 0 aromatic rings. The van der Waals surface area contributed by atoms with Gasteiger partial charge < -0.3 is 15.0 Å². The molecule has 0 aliphatic rings. The van der Waals surface area contributed by atoms with Crippen LogP contribution in [-0.2, 0) is 9.59 Å². The predicted molar refractivity (Wildman–Crippen MR) is 49.4 cm³/mol. The molecule has 1 atom stereocenters. The van der Waals surface area contributed by atoms with Crippen LogP contribution in [0.5, 0.6) is 0 Å². The second kappa shape index (κ2) is 10.8. The van der Waals surface area contributed by atoms with Gasteiger partial charge in [-0.25, -0.2) is 0 Å². The molecular weight excluding hydrogens is 223 g/mol. The summed E-state index contributed by atoms with van der Waals surface area (Å²) in [6.45, 7) is 1.88. The molecule has 0 radical (unpaired) electrons. The number of carbonyl (C=O) groups is 2. The fourth-order valence-electron chi connectivity index (χ4n) is 1.16. The van der Waals surface area contributed by atoms with Crippen molar-refractivity contribution in [1.82, 2.24) is 0 Å². The van der Waals surface area contributed by atoms with Crippen molar-refractivity contribution in [2.45, 2.75) is 32.6 Å². The summed E-state index contributed by atoms with van der Waals surface area (Å²) in [7, 11) is 0. The number of rotatable bonds is 7. The maximum absolute atomic E-state index is 10.6. The van der Waals surface area contributed by atoms with Gasteiger partial charge in [0.15, 0.2) is 0 Å². The molecule has 0 heterocycles. The molecule has 1 N–H and O–H groups in total.